The summed E-state index contributed by atoms with van der Waals surface area (Å²) in [5, 5.41) is 10.8. The minimum absolute atomic E-state index is 0.221. The monoisotopic (exact) mass is 462 g/mol. The van der Waals surface area contributed by atoms with E-state index in [2.05, 4.69) is 25.7 Å². The molecule has 0 bridgehead atoms. The second kappa shape index (κ2) is 9.70. The smallest absolute Gasteiger partial charge is 0.255 e. The number of carbonyl (C=O) groups excluding carboxylic acids is 1. The van der Waals surface area contributed by atoms with Crippen molar-refractivity contribution in [2.24, 2.45) is 0 Å². The predicted molar refractivity (Wildman–Crippen MR) is 129 cm³/mol. The van der Waals surface area contributed by atoms with Crippen LogP contribution in [0.2, 0.25) is 5.02 Å². The zero-order chi connectivity index (χ0) is 23.4. The van der Waals surface area contributed by atoms with Gasteiger partial charge in [0.15, 0.2) is 0 Å². The molecule has 0 saturated heterocycles. The average molecular weight is 463 g/mol. The quantitative estimate of drug-likeness (QED) is 0.372. The number of anilines is 3. The van der Waals surface area contributed by atoms with Gasteiger partial charge in [0.2, 0.25) is 5.95 Å². The molecule has 33 heavy (non-hydrogen) atoms. The fraction of sp³-hybridized carbons (Fsp3) is 0.167. The molecule has 0 atom stereocenters. The van der Waals surface area contributed by atoms with Gasteiger partial charge in [0.1, 0.15) is 5.75 Å². The van der Waals surface area contributed by atoms with Crippen LogP contribution in [0, 0.1) is 0 Å². The zero-order valence-electron chi connectivity index (χ0n) is 18.4. The number of aromatic nitrogens is 4. The number of amides is 1. The lowest BCUT2D eigenvalue weighted by atomic mass is 10.1. The van der Waals surface area contributed by atoms with E-state index in [1.165, 1.54) is 13.3 Å². The van der Waals surface area contributed by atoms with Crippen LogP contribution in [0.3, 0.4) is 0 Å². The first-order valence-corrected chi connectivity index (χ1v) is 10.7. The molecule has 1 amide bonds. The van der Waals surface area contributed by atoms with Crippen LogP contribution in [0.4, 0.5) is 17.3 Å². The molecule has 0 saturated carbocycles. The fourth-order valence-corrected chi connectivity index (χ4v) is 3.35. The molecule has 0 aliphatic heterocycles. The van der Waals surface area contributed by atoms with E-state index < -0.39 is 0 Å². The SMILES string of the molecule is COc1cc(C(=O)Nc2ccccc2)ccc1Nc1ncc(Cl)c(-c2cnn(C(C)C)c2)n1. The number of hydrogen-bond acceptors (Lipinski definition) is 6. The van der Waals surface area contributed by atoms with Crippen LogP contribution in [-0.4, -0.2) is 32.8 Å². The lowest BCUT2D eigenvalue weighted by Crippen LogP contribution is -2.12. The van der Waals surface area contributed by atoms with Crippen LogP contribution < -0.4 is 15.4 Å². The van der Waals surface area contributed by atoms with Crippen molar-refractivity contribution in [1.29, 1.82) is 0 Å². The minimum atomic E-state index is -0.238. The Kier molecular flexibility index (Phi) is 6.55. The standard InChI is InChI=1S/C24H23ClN6O2/c1-15(2)31-14-17(12-27-31)22-19(25)13-26-24(30-22)29-20-10-9-16(11-21(20)33-3)23(32)28-18-7-5-4-6-8-18/h4-15H,1-3H3,(H,28,32)(H,26,29,30). The number of benzene rings is 2. The van der Waals surface area contributed by atoms with E-state index in [4.69, 9.17) is 16.3 Å². The molecular formula is C24H23ClN6O2. The highest BCUT2D eigenvalue weighted by Gasteiger charge is 2.14. The van der Waals surface area contributed by atoms with E-state index in [9.17, 15) is 4.79 Å². The number of methoxy groups -OCH3 is 1. The summed E-state index contributed by atoms with van der Waals surface area (Å²) < 4.78 is 7.33. The molecule has 0 aliphatic carbocycles. The largest absolute Gasteiger partial charge is 0.495 e. The van der Waals surface area contributed by atoms with Crippen LogP contribution in [0.25, 0.3) is 11.3 Å². The third-order valence-electron chi connectivity index (χ3n) is 4.89. The summed E-state index contributed by atoms with van der Waals surface area (Å²) in [5.41, 5.74) is 3.14. The van der Waals surface area contributed by atoms with E-state index in [-0.39, 0.29) is 11.9 Å². The number of ether oxygens (including phenoxy) is 1. The van der Waals surface area contributed by atoms with Crippen molar-refractivity contribution in [3.63, 3.8) is 0 Å². The Hall–Kier alpha value is -3.91. The van der Waals surface area contributed by atoms with Crippen molar-refractivity contribution < 1.29 is 9.53 Å². The maximum Gasteiger partial charge on any atom is 0.255 e. The summed E-state index contributed by atoms with van der Waals surface area (Å²) in [7, 11) is 1.54. The number of nitrogens with zero attached hydrogens (tertiary/aromatic N) is 4. The fourth-order valence-electron chi connectivity index (χ4n) is 3.15. The third-order valence-corrected chi connectivity index (χ3v) is 5.17. The Bertz CT molecular complexity index is 1270. The average Bonchev–Trinajstić information content (AvgIpc) is 3.31. The second-order valence-corrected chi connectivity index (χ2v) is 7.96. The molecule has 9 heteroatoms. The van der Waals surface area contributed by atoms with Crippen molar-refractivity contribution in [3.05, 3.63) is 77.7 Å². The van der Waals surface area contributed by atoms with Crippen molar-refractivity contribution in [1.82, 2.24) is 19.7 Å². The Morgan fingerprint density at radius 2 is 1.91 bits per heavy atom. The first kappa shape index (κ1) is 22.3. The van der Waals surface area contributed by atoms with Crippen molar-refractivity contribution in [2.45, 2.75) is 19.9 Å². The first-order chi connectivity index (χ1) is 15.9. The molecule has 2 aromatic heterocycles. The summed E-state index contributed by atoms with van der Waals surface area (Å²) in [5.74, 6) is 0.577. The van der Waals surface area contributed by atoms with Gasteiger partial charge in [-0.25, -0.2) is 9.97 Å². The molecule has 168 valence electrons. The van der Waals surface area contributed by atoms with Gasteiger partial charge >= 0.3 is 0 Å². The van der Waals surface area contributed by atoms with E-state index in [0.717, 1.165) is 5.56 Å². The van der Waals surface area contributed by atoms with Gasteiger partial charge in [-0.05, 0) is 44.2 Å². The van der Waals surface area contributed by atoms with Crippen LogP contribution in [0.1, 0.15) is 30.2 Å². The Morgan fingerprint density at radius 3 is 2.61 bits per heavy atom. The molecular weight excluding hydrogens is 440 g/mol. The third kappa shape index (κ3) is 5.12. The van der Waals surface area contributed by atoms with E-state index >= 15 is 0 Å². The molecule has 0 radical (unpaired) electrons. The maximum absolute atomic E-state index is 12.6. The van der Waals surface area contributed by atoms with Crippen LogP contribution in [0.5, 0.6) is 5.75 Å². The lowest BCUT2D eigenvalue weighted by molar-refractivity contribution is 0.102. The Labute approximate surface area is 196 Å². The van der Waals surface area contributed by atoms with Gasteiger partial charge in [-0.2, -0.15) is 5.10 Å². The summed E-state index contributed by atoms with van der Waals surface area (Å²) in [4.78, 5) is 21.4. The van der Waals surface area contributed by atoms with Gasteiger partial charge in [-0.3, -0.25) is 9.48 Å². The molecule has 2 heterocycles. The van der Waals surface area contributed by atoms with Crippen molar-refractivity contribution >= 4 is 34.8 Å². The van der Waals surface area contributed by atoms with Crippen LogP contribution in [0.15, 0.2) is 67.1 Å². The van der Waals surface area contributed by atoms with Gasteiger partial charge in [-0.15, -0.1) is 0 Å². The highest BCUT2D eigenvalue weighted by Crippen LogP contribution is 2.31. The Morgan fingerprint density at radius 1 is 1.12 bits per heavy atom. The van der Waals surface area contributed by atoms with E-state index in [1.807, 2.05) is 55.1 Å². The zero-order valence-corrected chi connectivity index (χ0v) is 19.2. The first-order valence-electron chi connectivity index (χ1n) is 10.3. The summed E-state index contributed by atoms with van der Waals surface area (Å²) in [6.45, 7) is 4.09. The van der Waals surface area contributed by atoms with Gasteiger partial charge in [0.25, 0.3) is 5.91 Å². The molecule has 0 unspecified atom stereocenters. The summed E-state index contributed by atoms with van der Waals surface area (Å²) in [6, 6.07) is 14.6. The molecule has 2 N–H and O–H groups in total. The highest BCUT2D eigenvalue weighted by molar-refractivity contribution is 6.32. The summed E-state index contributed by atoms with van der Waals surface area (Å²) >= 11 is 6.34. The van der Waals surface area contributed by atoms with Gasteiger partial charge in [0, 0.05) is 29.1 Å². The van der Waals surface area contributed by atoms with Crippen LogP contribution >= 0.6 is 11.6 Å². The molecule has 0 aliphatic rings. The van der Waals surface area contributed by atoms with Gasteiger partial charge in [0.05, 0.1) is 35.9 Å². The Balaban J connectivity index is 1.56. The van der Waals surface area contributed by atoms with Crippen molar-refractivity contribution in [3.8, 4) is 17.0 Å². The minimum Gasteiger partial charge on any atom is -0.495 e. The topological polar surface area (TPSA) is 94.0 Å². The molecule has 2 aromatic carbocycles. The molecule has 4 aromatic rings. The molecule has 4 rings (SSSR count). The highest BCUT2D eigenvalue weighted by atomic mass is 35.5. The van der Waals surface area contributed by atoms with Crippen molar-refractivity contribution in [2.75, 3.05) is 17.7 Å². The molecule has 0 fully saturated rings. The number of rotatable bonds is 7. The number of nitrogens with one attached hydrogen (secondary N) is 2. The predicted octanol–water partition coefficient (Wildman–Crippen LogP) is 5.58. The summed E-state index contributed by atoms with van der Waals surface area (Å²) in [6.07, 6.45) is 5.15. The number of hydrogen-bond donors (Lipinski definition) is 2. The number of halogens is 1. The van der Waals surface area contributed by atoms with Crippen LogP contribution in [-0.2, 0) is 0 Å². The molecule has 8 nitrogen and oxygen atoms in total. The van der Waals surface area contributed by atoms with E-state index in [1.54, 1.807) is 24.4 Å². The lowest BCUT2D eigenvalue weighted by Gasteiger charge is -2.13. The second-order valence-electron chi connectivity index (χ2n) is 7.55. The van der Waals surface area contributed by atoms with Gasteiger partial charge in [-0.1, -0.05) is 29.8 Å². The molecule has 0 spiro atoms. The number of para-hydroxylation sites is 1. The number of carbonyl (C=O) groups is 1. The van der Waals surface area contributed by atoms with Gasteiger partial charge < -0.3 is 15.4 Å². The normalized spacial score (nSPS) is 10.8. The maximum atomic E-state index is 12.6. The van der Waals surface area contributed by atoms with E-state index in [0.29, 0.717) is 39.4 Å².